The number of halogens is 2. The number of carbonyl (C=O) groups excluding carboxylic acids is 1. The van der Waals surface area contributed by atoms with E-state index in [0.29, 0.717) is 20.9 Å². The third-order valence-corrected chi connectivity index (χ3v) is 5.68. The first kappa shape index (κ1) is 21.4. The number of methoxy groups -OCH3 is 1. The summed E-state index contributed by atoms with van der Waals surface area (Å²) in [5.41, 5.74) is 2.81. The van der Waals surface area contributed by atoms with Crippen molar-refractivity contribution in [3.63, 3.8) is 0 Å². The van der Waals surface area contributed by atoms with E-state index in [4.69, 9.17) is 32.7 Å². The van der Waals surface area contributed by atoms with E-state index in [1.807, 2.05) is 32.0 Å². The van der Waals surface area contributed by atoms with Crippen molar-refractivity contribution in [2.45, 2.75) is 26.9 Å². The predicted octanol–water partition coefficient (Wildman–Crippen LogP) is 6.15. The first-order chi connectivity index (χ1) is 13.8. The van der Waals surface area contributed by atoms with E-state index in [1.54, 1.807) is 32.2 Å². The largest absolute Gasteiger partial charge is 0.496 e. The minimum Gasteiger partial charge on any atom is -0.496 e. The van der Waals surface area contributed by atoms with Crippen LogP contribution in [0.5, 0.6) is 11.5 Å². The number of hydrogen-bond acceptors (Lipinski definition) is 5. The SMILES string of the molecule is COc1ccc(-c2nc(NC(=O)C(C)Oc3ccc(Cl)cc3Cl)sc2C)cc1C. The van der Waals surface area contributed by atoms with Gasteiger partial charge < -0.3 is 9.47 Å². The van der Waals surface area contributed by atoms with E-state index < -0.39 is 6.10 Å². The Bertz CT molecular complexity index is 1050. The molecular weight excluding hydrogens is 431 g/mol. The van der Waals surface area contributed by atoms with Crippen molar-refractivity contribution in [1.82, 2.24) is 4.98 Å². The average molecular weight is 451 g/mol. The lowest BCUT2D eigenvalue weighted by Gasteiger charge is -2.14. The van der Waals surface area contributed by atoms with Crippen molar-refractivity contribution in [2.75, 3.05) is 12.4 Å². The molecule has 8 heteroatoms. The molecular formula is C21H20Cl2N2O3S. The zero-order valence-corrected chi connectivity index (χ0v) is 18.7. The molecule has 0 fully saturated rings. The van der Waals surface area contributed by atoms with E-state index in [2.05, 4.69) is 10.3 Å². The zero-order valence-electron chi connectivity index (χ0n) is 16.4. The molecule has 3 rings (SSSR count). The Morgan fingerprint density at radius 2 is 1.86 bits per heavy atom. The quantitative estimate of drug-likeness (QED) is 0.489. The molecule has 29 heavy (non-hydrogen) atoms. The molecule has 1 heterocycles. The highest BCUT2D eigenvalue weighted by atomic mass is 35.5. The number of aryl methyl sites for hydroxylation is 2. The first-order valence-corrected chi connectivity index (χ1v) is 10.4. The molecule has 0 bridgehead atoms. The smallest absolute Gasteiger partial charge is 0.266 e. The van der Waals surface area contributed by atoms with Gasteiger partial charge >= 0.3 is 0 Å². The fourth-order valence-corrected chi connectivity index (χ4v) is 4.06. The molecule has 5 nitrogen and oxygen atoms in total. The maximum atomic E-state index is 12.5. The second kappa shape index (κ2) is 9.03. The highest BCUT2D eigenvalue weighted by Crippen LogP contribution is 2.33. The van der Waals surface area contributed by atoms with Crippen molar-refractivity contribution >= 4 is 45.6 Å². The van der Waals surface area contributed by atoms with Gasteiger partial charge in [-0.15, -0.1) is 11.3 Å². The van der Waals surface area contributed by atoms with Crippen molar-refractivity contribution in [1.29, 1.82) is 0 Å². The average Bonchev–Trinajstić information content (AvgIpc) is 3.03. The van der Waals surface area contributed by atoms with Gasteiger partial charge in [0.15, 0.2) is 11.2 Å². The third-order valence-electron chi connectivity index (χ3n) is 4.26. The topological polar surface area (TPSA) is 60.5 Å². The molecule has 0 spiro atoms. The van der Waals surface area contributed by atoms with E-state index in [0.717, 1.165) is 27.4 Å². The molecule has 0 saturated heterocycles. The van der Waals surface area contributed by atoms with Gasteiger partial charge in [0.1, 0.15) is 11.5 Å². The maximum absolute atomic E-state index is 12.5. The molecule has 0 aliphatic carbocycles. The lowest BCUT2D eigenvalue weighted by atomic mass is 10.1. The lowest BCUT2D eigenvalue weighted by molar-refractivity contribution is -0.122. The van der Waals surface area contributed by atoms with Crippen LogP contribution in [0.4, 0.5) is 5.13 Å². The Morgan fingerprint density at radius 1 is 1.14 bits per heavy atom. The summed E-state index contributed by atoms with van der Waals surface area (Å²) in [6.07, 6.45) is -0.760. The molecule has 0 radical (unpaired) electrons. The number of ether oxygens (including phenoxy) is 2. The number of benzene rings is 2. The van der Waals surface area contributed by atoms with E-state index in [-0.39, 0.29) is 5.91 Å². The summed E-state index contributed by atoms with van der Waals surface area (Å²) < 4.78 is 11.0. The zero-order chi connectivity index (χ0) is 21.1. The Kier molecular flexibility index (Phi) is 6.67. The monoisotopic (exact) mass is 450 g/mol. The predicted molar refractivity (Wildman–Crippen MR) is 119 cm³/mol. The van der Waals surface area contributed by atoms with Crippen molar-refractivity contribution < 1.29 is 14.3 Å². The third kappa shape index (κ3) is 5.01. The molecule has 0 aliphatic rings. The Hall–Kier alpha value is -2.28. The number of rotatable bonds is 6. The van der Waals surface area contributed by atoms with Gasteiger partial charge in [-0.1, -0.05) is 23.2 Å². The van der Waals surface area contributed by atoms with Crippen LogP contribution in [0.3, 0.4) is 0 Å². The number of hydrogen-bond donors (Lipinski definition) is 1. The van der Waals surface area contributed by atoms with Crippen LogP contribution in [0.25, 0.3) is 11.3 Å². The minimum absolute atomic E-state index is 0.317. The van der Waals surface area contributed by atoms with Gasteiger partial charge in [-0.2, -0.15) is 0 Å². The summed E-state index contributed by atoms with van der Waals surface area (Å²) in [5, 5.41) is 4.16. The Balaban J connectivity index is 1.72. The van der Waals surface area contributed by atoms with Gasteiger partial charge in [-0.25, -0.2) is 4.98 Å². The van der Waals surface area contributed by atoms with Gasteiger partial charge in [0.05, 0.1) is 17.8 Å². The highest BCUT2D eigenvalue weighted by Gasteiger charge is 2.19. The number of carbonyl (C=O) groups is 1. The molecule has 2 aromatic carbocycles. The van der Waals surface area contributed by atoms with E-state index >= 15 is 0 Å². The van der Waals surface area contributed by atoms with E-state index in [9.17, 15) is 4.79 Å². The summed E-state index contributed by atoms with van der Waals surface area (Å²) in [5.74, 6) is 0.896. The second-order valence-electron chi connectivity index (χ2n) is 6.43. The summed E-state index contributed by atoms with van der Waals surface area (Å²) in [7, 11) is 1.64. The van der Waals surface area contributed by atoms with E-state index in [1.165, 1.54) is 11.3 Å². The van der Waals surface area contributed by atoms with Crippen LogP contribution in [0, 0.1) is 13.8 Å². The molecule has 0 saturated carbocycles. The molecule has 152 valence electrons. The van der Waals surface area contributed by atoms with Gasteiger partial charge in [0.25, 0.3) is 5.91 Å². The van der Waals surface area contributed by atoms with Gasteiger partial charge in [0.2, 0.25) is 0 Å². The minimum atomic E-state index is -0.760. The van der Waals surface area contributed by atoms with Gasteiger partial charge in [0, 0.05) is 15.5 Å². The van der Waals surface area contributed by atoms with Crippen molar-refractivity contribution in [3.8, 4) is 22.8 Å². The number of nitrogens with one attached hydrogen (secondary N) is 1. The number of aromatic nitrogens is 1. The molecule has 1 unspecified atom stereocenters. The molecule has 1 amide bonds. The maximum Gasteiger partial charge on any atom is 0.266 e. The fraction of sp³-hybridized carbons (Fsp3) is 0.238. The number of nitrogens with zero attached hydrogens (tertiary/aromatic N) is 1. The van der Waals surface area contributed by atoms with Crippen LogP contribution in [-0.4, -0.2) is 24.1 Å². The molecule has 1 aromatic heterocycles. The highest BCUT2D eigenvalue weighted by molar-refractivity contribution is 7.16. The molecule has 3 aromatic rings. The van der Waals surface area contributed by atoms with Crippen LogP contribution in [0.15, 0.2) is 36.4 Å². The van der Waals surface area contributed by atoms with Crippen LogP contribution < -0.4 is 14.8 Å². The standard InChI is InChI=1S/C21H20Cl2N2O3S/c1-11-9-14(5-7-17(11)27-4)19-13(3)29-21(24-19)25-20(26)12(2)28-18-8-6-15(22)10-16(18)23/h5-10,12H,1-4H3,(H,24,25,26). The lowest BCUT2D eigenvalue weighted by Crippen LogP contribution is -2.30. The molecule has 1 N–H and O–H groups in total. The molecule has 1 atom stereocenters. The van der Waals surface area contributed by atoms with Crippen LogP contribution in [-0.2, 0) is 4.79 Å². The van der Waals surface area contributed by atoms with Crippen molar-refractivity contribution in [2.24, 2.45) is 0 Å². The second-order valence-corrected chi connectivity index (χ2v) is 8.48. The number of thiazole rings is 1. The van der Waals surface area contributed by atoms with Gasteiger partial charge in [-0.3, -0.25) is 10.1 Å². The number of anilines is 1. The number of amides is 1. The van der Waals surface area contributed by atoms with Crippen LogP contribution >= 0.6 is 34.5 Å². The summed E-state index contributed by atoms with van der Waals surface area (Å²) >= 11 is 13.4. The Labute approximate surface area is 183 Å². The molecule has 0 aliphatic heterocycles. The fourth-order valence-electron chi connectivity index (χ4n) is 2.77. The first-order valence-electron chi connectivity index (χ1n) is 8.83. The Morgan fingerprint density at radius 3 is 2.52 bits per heavy atom. The van der Waals surface area contributed by atoms with Crippen molar-refractivity contribution in [3.05, 3.63) is 56.9 Å². The van der Waals surface area contributed by atoms with Gasteiger partial charge in [-0.05, 0) is 62.7 Å². The summed E-state index contributed by atoms with van der Waals surface area (Å²) in [6, 6.07) is 10.7. The summed E-state index contributed by atoms with van der Waals surface area (Å²) in [4.78, 5) is 18.1. The summed E-state index contributed by atoms with van der Waals surface area (Å²) in [6.45, 7) is 5.59. The van der Waals surface area contributed by atoms with Crippen LogP contribution in [0.2, 0.25) is 10.0 Å². The normalized spacial score (nSPS) is 11.8. The van der Waals surface area contributed by atoms with Crippen LogP contribution in [0.1, 0.15) is 17.4 Å².